The van der Waals surface area contributed by atoms with Crippen LogP contribution in [0.4, 0.5) is 4.39 Å². The van der Waals surface area contributed by atoms with Crippen molar-refractivity contribution in [3.8, 4) is 5.88 Å². The van der Waals surface area contributed by atoms with E-state index in [0.29, 0.717) is 55.5 Å². The van der Waals surface area contributed by atoms with Crippen molar-refractivity contribution < 1.29 is 41.1 Å². The second kappa shape index (κ2) is 14.5. The highest BCUT2D eigenvalue weighted by Gasteiger charge is 2.62. The Balaban J connectivity index is 1.20. The summed E-state index contributed by atoms with van der Waals surface area (Å²) in [5.74, 6) is -2.82. The average Bonchev–Trinajstić information content (AvgIpc) is 4.01. The van der Waals surface area contributed by atoms with E-state index < -0.39 is 74.4 Å². The third-order valence-corrected chi connectivity index (χ3v) is 12.2. The monoisotopic (exact) mass is 750 g/mol. The van der Waals surface area contributed by atoms with E-state index in [2.05, 4.69) is 25.3 Å². The van der Waals surface area contributed by atoms with Gasteiger partial charge in [-0.3, -0.25) is 23.9 Å². The molecule has 4 aliphatic rings. The van der Waals surface area contributed by atoms with Crippen molar-refractivity contribution in [1.82, 2.24) is 30.2 Å². The standard InChI is InChI=1S/C37H43FN6O8S/c1-3-26-34(41-29-17-23(38)12-15-27(29)39-26)52-24-18-30-32(45)42-37(36(48)43-53(49,50)25-13-14-25)19-22(37)9-7-5-4-6-8-10-28(35(47)44(30)20-24)40-33(46)31-16-11-21(2)51-31/h7,9,11-12,15-17,22,24-25,28,30H,3-6,8,10,13-14,18-20H2,1-2H3,(H,40,46)(H,42,45)(H,43,48)/b9-7-. The van der Waals surface area contributed by atoms with E-state index in [1.807, 2.05) is 19.1 Å². The van der Waals surface area contributed by atoms with E-state index in [1.54, 1.807) is 13.0 Å². The Kier molecular flexibility index (Phi) is 10.00. The van der Waals surface area contributed by atoms with E-state index in [1.165, 1.54) is 29.2 Å². The molecule has 3 fully saturated rings. The molecule has 2 saturated carbocycles. The zero-order valence-electron chi connectivity index (χ0n) is 29.6. The average molecular weight is 751 g/mol. The number of rotatable bonds is 8. The summed E-state index contributed by atoms with van der Waals surface area (Å²) in [6.45, 7) is 3.49. The van der Waals surface area contributed by atoms with Crippen molar-refractivity contribution in [3.05, 3.63) is 65.5 Å². The third kappa shape index (κ3) is 7.78. The van der Waals surface area contributed by atoms with Crippen LogP contribution in [0.3, 0.4) is 0 Å². The second-order valence-electron chi connectivity index (χ2n) is 14.4. The van der Waals surface area contributed by atoms with Gasteiger partial charge in [-0.15, -0.1) is 0 Å². The normalized spacial score (nSPS) is 27.1. The van der Waals surface area contributed by atoms with Crippen molar-refractivity contribution >= 4 is 44.7 Å². The summed E-state index contributed by atoms with van der Waals surface area (Å²) in [7, 11) is -3.91. The van der Waals surface area contributed by atoms with Gasteiger partial charge in [0.15, 0.2) is 5.76 Å². The molecule has 5 atom stereocenters. The van der Waals surface area contributed by atoms with Gasteiger partial charge in [0.05, 0.1) is 22.8 Å². The van der Waals surface area contributed by atoms with Crippen LogP contribution in [0.1, 0.15) is 86.7 Å². The number of sulfonamides is 1. The zero-order chi connectivity index (χ0) is 37.5. The fraction of sp³-hybridized carbons (Fsp3) is 0.514. The lowest BCUT2D eigenvalue weighted by Crippen LogP contribution is -2.58. The molecule has 2 aliphatic carbocycles. The molecule has 4 amide bonds. The van der Waals surface area contributed by atoms with Crippen LogP contribution in [-0.2, 0) is 30.8 Å². The first kappa shape index (κ1) is 36.5. The van der Waals surface area contributed by atoms with Crippen LogP contribution in [0.25, 0.3) is 11.0 Å². The van der Waals surface area contributed by atoms with Gasteiger partial charge in [0.2, 0.25) is 27.7 Å². The fourth-order valence-electron chi connectivity index (χ4n) is 7.16. The smallest absolute Gasteiger partial charge is 0.287 e. The van der Waals surface area contributed by atoms with Crippen molar-refractivity contribution in [1.29, 1.82) is 0 Å². The predicted octanol–water partition coefficient (Wildman–Crippen LogP) is 3.38. The number of allylic oxidation sites excluding steroid dienone is 1. The number of fused-ring (bicyclic) bond motifs is 3. The number of nitrogens with zero attached hydrogens (tertiary/aromatic N) is 3. The van der Waals surface area contributed by atoms with Gasteiger partial charge in [-0.05, 0) is 76.1 Å². The van der Waals surface area contributed by atoms with E-state index in [0.717, 1.165) is 12.8 Å². The highest BCUT2D eigenvalue weighted by Crippen LogP contribution is 2.46. The number of carbonyl (C=O) groups is 4. The van der Waals surface area contributed by atoms with Gasteiger partial charge < -0.3 is 24.7 Å². The molecule has 1 saturated heterocycles. The van der Waals surface area contributed by atoms with Crippen molar-refractivity contribution in [2.45, 2.75) is 107 Å². The number of aryl methyl sites for hydroxylation is 2. The number of nitrogens with one attached hydrogen (secondary N) is 3. The van der Waals surface area contributed by atoms with Crippen molar-refractivity contribution in [2.24, 2.45) is 5.92 Å². The Labute approximate surface area is 306 Å². The molecule has 3 N–H and O–H groups in total. The molecule has 7 rings (SSSR count). The largest absolute Gasteiger partial charge is 0.471 e. The van der Waals surface area contributed by atoms with E-state index in [-0.39, 0.29) is 36.5 Å². The van der Waals surface area contributed by atoms with Crippen LogP contribution in [0.15, 0.2) is 46.9 Å². The molecule has 3 aromatic rings. The minimum atomic E-state index is -3.91. The molecular weight excluding hydrogens is 708 g/mol. The summed E-state index contributed by atoms with van der Waals surface area (Å²) < 4.78 is 53.8. The highest BCUT2D eigenvalue weighted by molar-refractivity contribution is 7.91. The summed E-state index contributed by atoms with van der Waals surface area (Å²) in [4.78, 5) is 66.2. The van der Waals surface area contributed by atoms with Gasteiger partial charge in [-0.1, -0.05) is 31.9 Å². The van der Waals surface area contributed by atoms with Gasteiger partial charge in [0, 0.05) is 18.4 Å². The first-order valence-corrected chi connectivity index (χ1v) is 19.8. The topological polar surface area (TPSA) is 190 Å². The quantitative estimate of drug-likeness (QED) is 0.288. The number of halogens is 1. The first-order chi connectivity index (χ1) is 25.4. The molecule has 16 heteroatoms. The Bertz CT molecular complexity index is 2080. The van der Waals surface area contributed by atoms with Crippen LogP contribution in [0.5, 0.6) is 5.88 Å². The molecule has 53 heavy (non-hydrogen) atoms. The maximum Gasteiger partial charge on any atom is 0.287 e. The molecular formula is C37H43FN6O8S. The third-order valence-electron chi connectivity index (χ3n) is 10.4. The molecule has 5 unspecified atom stereocenters. The zero-order valence-corrected chi connectivity index (χ0v) is 30.4. The van der Waals surface area contributed by atoms with Crippen LogP contribution in [0.2, 0.25) is 0 Å². The molecule has 0 bridgehead atoms. The van der Waals surface area contributed by atoms with Gasteiger partial charge >= 0.3 is 0 Å². The lowest BCUT2D eigenvalue weighted by atomic mass is 10.0. The summed E-state index contributed by atoms with van der Waals surface area (Å²) >= 11 is 0. The molecule has 2 aromatic heterocycles. The lowest BCUT2D eigenvalue weighted by molar-refractivity contribution is -0.141. The molecule has 0 spiro atoms. The Hall–Kier alpha value is -4.86. The van der Waals surface area contributed by atoms with E-state index in [9.17, 15) is 32.0 Å². The molecule has 2 aliphatic heterocycles. The molecule has 1 aromatic carbocycles. The van der Waals surface area contributed by atoms with Gasteiger partial charge in [-0.25, -0.2) is 22.8 Å². The summed E-state index contributed by atoms with van der Waals surface area (Å²) in [5, 5.41) is 5.01. The van der Waals surface area contributed by atoms with Gasteiger partial charge in [-0.2, -0.15) is 0 Å². The number of amides is 4. The summed E-state index contributed by atoms with van der Waals surface area (Å²) in [6, 6.07) is 5.04. The Morgan fingerprint density at radius 1 is 1.09 bits per heavy atom. The fourth-order valence-corrected chi connectivity index (χ4v) is 8.53. The number of furan rings is 1. The van der Waals surface area contributed by atoms with Crippen LogP contribution in [-0.4, -0.2) is 82.4 Å². The number of benzene rings is 1. The molecule has 0 radical (unpaired) electrons. The summed E-state index contributed by atoms with van der Waals surface area (Å²) in [5.41, 5.74) is -0.271. The predicted molar refractivity (Wildman–Crippen MR) is 189 cm³/mol. The summed E-state index contributed by atoms with van der Waals surface area (Å²) in [6.07, 6.45) is 7.60. The number of hydrogen-bond acceptors (Lipinski definition) is 10. The second-order valence-corrected chi connectivity index (χ2v) is 16.4. The van der Waals surface area contributed by atoms with Crippen LogP contribution in [0, 0.1) is 18.7 Å². The highest BCUT2D eigenvalue weighted by atomic mass is 32.2. The number of carbonyl (C=O) groups excluding carboxylic acids is 4. The number of ether oxygens (including phenoxy) is 1. The lowest BCUT2D eigenvalue weighted by Gasteiger charge is -2.29. The van der Waals surface area contributed by atoms with Crippen LogP contribution >= 0.6 is 0 Å². The van der Waals surface area contributed by atoms with Crippen molar-refractivity contribution in [3.63, 3.8) is 0 Å². The first-order valence-electron chi connectivity index (χ1n) is 18.2. The van der Waals surface area contributed by atoms with Gasteiger partial charge in [0.1, 0.15) is 41.0 Å². The maximum absolute atomic E-state index is 14.5. The minimum absolute atomic E-state index is 0.0137. The van der Waals surface area contributed by atoms with E-state index in [4.69, 9.17) is 9.15 Å². The SMILES string of the molecule is CCc1nc2ccc(F)cc2nc1OC1CC2C(=O)NC3(C(=O)NS(=O)(=O)C4CC4)CC3/C=C\CCCCCC(NC(=O)c3ccc(C)o3)C(=O)N2C1. The Morgan fingerprint density at radius 2 is 1.91 bits per heavy atom. The maximum atomic E-state index is 14.5. The Morgan fingerprint density at radius 3 is 2.64 bits per heavy atom. The van der Waals surface area contributed by atoms with E-state index >= 15 is 0 Å². The van der Waals surface area contributed by atoms with Crippen molar-refractivity contribution in [2.75, 3.05) is 6.54 Å². The number of aromatic nitrogens is 2. The van der Waals surface area contributed by atoms with Gasteiger partial charge in [0.25, 0.3) is 11.8 Å². The number of hydrogen-bond donors (Lipinski definition) is 3. The molecule has 14 nitrogen and oxygen atoms in total. The molecule has 282 valence electrons. The molecule has 4 heterocycles. The van der Waals surface area contributed by atoms with Crippen LogP contribution < -0.4 is 20.1 Å². The minimum Gasteiger partial charge on any atom is -0.471 e.